The zero-order chi connectivity index (χ0) is 24.5. The molecule has 1 N–H and O–H groups in total. The Morgan fingerprint density at radius 1 is 1.00 bits per heavy atom. The van der Waals surface area contributed by atoms with Crippen molar-refractivity contribution < 1.29 is 23.5 Å². The van der Waals surface area contributed by atoms with Gasteiger partial charge in [0.15, 0.2) is 0 Å². The van der Waals surface area contributed by atoms with Crippen molar-refractivity contribution in [3.05, 3.63) is 118 Å². The molecule has 0 saturated carbocycles. The van der Waals surface area contributed by atoms with E-state index in [1.165, 1.54) is 47.5 Å². The third-order valence-electron chi connectivity index (χ3n) is 5.39. The number of carbonyl (C=O) groups excluding carboxylic acids is 1. The first-order valence-corrected chi connectivity index (χ1v) is 10.9. The predicted molar refractivity (Wildman–Crippen MR) is 131 cm³/mol. The van der Waals surface area contributed by atoms with E-state index in [1.807, 2.05) is 30.3 Å². The van der Waals surface area contributed by atoms with Crippen molar-refractivity contribution in [2.45, 2.75) is 0 Å². The molecular formula is C27H16ClFN2O4. The van der Waals surface area contributed by atoms with E-state index in [1.54, 1.807) is 18.2 Å². The number of amides is 1. The van der Waals surface area contributed by atoms with Gasteiger partial charge in [0, 0.05) is 16.1 Å². The molecule has 1 aromatic heterocycles. The summed E-state index contributed by atoms with van der Waals surface area (Å²) in [5.74, 6) is -1.34. The lowest BCUT2D eigenvalue weighted by molar-refractivity contribution is -0.114. The molecule has 0 atom stereocenters. The van der Waals surface area contributed by atoms with E-state index >= 15 is 0 Å². The summed E-state index contributed by atoms with van der Waals surface area (Å²) in [6.45, 7) is 0. The van der Waals surface area contributed by atoms with Crippen LogP contribution in [0.1, 0.15) is 21.7 Å². The van der Waals surface area contributed by atoms with Gasteiger partial charge < -0.3 is 9.52 Å². The number of carbonyl (C=O) groups is 2. The summed E-state index contributed by atoms with van der Waals surface area (Å²) in [5, 5.41) is 15.6. The Morgan fingerprint density at radius 3 is 2.46 bits per heavy atom. The fourth-order valence-electron chi connectivity index (χ4n) is 3.74. The largest absolute Gasteiger partial charge is 0.478 e. The molecule has 0 saturated heterocycles. The van der Waals surface area contributed by atoms with Crippen molar-refractivity contribution in [2.24, 2.45) is 5.10 Å². The van der Waals surface area contributed by atoms with Crippen LogP contribution in [-0.2, 0) is 4.79 Å². The third kappa shape index (κ3) is 4.37. The second-order valence-corrected chi connectivity index (χ2v) is 8.10. The second-order valence-electron chi connectivity index (χ2n) is 7.66. The first kappa shape index (κ1) is 22.3. The number of aromatic carboxylic acids is 1. The Kier molecular flexibility index (Phi) is 5.76. The summed E-state index contributed by atoms with van der Waals surface area (Å²) < 4.78 is 19.3. The molecule has 1 aliphatic rings. The number of hydrogen-bond acceptors (Lipinski definition) is 4. The maximum Gasteiger partial charge on any atom is 0.336 e. The van der Waals surface area contributed by atoms with E-state index in [-0.39, 0.29) is 16.9 Å². The summed E-state index contributed by atoms with van der Waals surface area (Å²) in [4.78, 5) is 25.0. The standard InChI is InChI=1S/C27H16ClFN2O4/c28-17-6-12-21(27(33)34)22(14-17)24-13-11-20(35-24)15-23-25(16-4-2-1-3-5-16)30-31(26(23)32)19-9-7-18(29)8-10-19/h1-15H,(H,33,34)/b23-15+. The molecule has 0 spiro atoms. The van der Waals surface area contributed by atoms with Crippen molar-refractivity contribution >= 4 is 41.0 Å². The van der Waals surface area contributed by atoms with Gasteiger partial charge in [-0.15, -0.1) is 0 Å². The van der Waals surface area contributed by atoms with Gasteiger partial charge in [-0.05, 0) is 60.7 Å². The van der Waals surface area contributed by atoms with Crippen molar-refractivity contribution in [1.82, 2.24) is 0 Å². The lowest BCUT2D eigenvalue weighted by atomic mass is 10.0. The van der Waals surface area contributed by atoms with Gasteiger partial charge in [0.05, 0.1) is 16.8 Å². The summed E-state index contributed by atoms with van der Waals surface area (Å²) in [5.41, 5.74) is 2.17. The van der Waals surface area contributed by atoms with Crippen LogP contribution in [0.2, 0.25) is 5.02 Å². The van der Waals surface area contributed by atoms with Crippen LogP contribution in [0.25, 0.3) is 17.4 Å². The third-order valence-corrected chi connectivity index (χ3v) is 5.62. The fourth-order valence-corrected chi connectivity index (χ4v) is 3.91. The van der Waals surface area contributed by atoms with Gasteiger partial charge >= 0.3 is 5.97 Å². The van der Waals surface area contributed by atoms with E-state index in [0.717, 1.165) is 0 Å². The van der Waals surface area contributed by atoms with Crippen LogP contribution in [0.15, 0.2) is 100 Å². The second kappa shape index (κ2) is 9.04. The molecule has 172 valence electrons. The molecule has 6 nitrogen and oxygen atoms in total. The lowest BCUT2D eigenvalue weighted by Crippen LogP contribution is -2.21. The van der Waals surface area contributed by atoms with Crippen molar-refractivity contribution in [3.63, 3.8) is 0 Å². The number of halogens is 2. The lowest BCUT2D eigenvalue weighted by Gasteiger charge is -2.11. The molecule has 0 aliphatic carbocycles. The quantitative estimate of drug-likeness (QED) is 0.337. The number of benzene rings is 3. The summed E-state index contributed by atoms with van der Waals surface area (Å²) >= 11 is 6.07. The SMILES string of the molecule is O=C(O)c1ccc(Cl)cc1-c1ccc(/C=C2/C(=O)N(c3ccc(F)cc3)N=C2c2ccccc2)o1. The molecule has 0 bridgehead atoms. The van der Waals surface area contributed by atoms with Crippen LogP contribution in [0.5, 0.6) is 0 Å². The molecule has 8 heteroatoms. The first-order valence-electron chi connectivity index (χ1n) is 10.5. The molecule has 0 unspecified atom stereocenters. The number of nitrogens with zero attached hydrogens (tertiary/aromatic N) is 2. The molecule has 3 aromatic carbocycles. The molecular weight excluding hydrogens is 471 g/mol. The van der Waals surface area contributed by atoms with E-state index < -0.39 is 17.7 Å². The number of anilines is 1. The average Bonchev–Trinajstić information content (AvgIpc) is 3.45. The summed E-state index contributed by atoms with van der Waals surface area (Å²) in [6, 6.07) is 22.3. The Bertz CT molecular complexity index is 1510. The van der Waals surface area contributed by atoms with Gasteiger partial charge in [0.2, 0.25) is 0 Å². The van der Waals surface area contributed by atoms with Gasteiger partial charge in [-0.25, -0.2) is 9.18 Å². The zero-order valence-corrected chi connectivity index (χ0v) is 18.7. The molecule has 0 fully saturated rings. The molecule has 2 heterocycles. The highest BCUT2D eigenvalue weighted by Crippen LogP contribution is 2.32. The van der Waals surface area contributed by atoms with Gasteiger partial charge in [-0.3, -0.25) is 4.79 Å². The zero-order valence-electron chi connectivity index (χ0n) is 18.0. The Labute approximate surface area is 204 Å². The Balaban J connectivity index is 1.57. The van der Waals surface area contributed by atoms with Crippen LogP contribution in [0.3, 0.4) is 0 Å². The van der Waals surface area contributed by atoms with E-state index in [0.29, 0.717) is 33.3 Å². The summed E-state index contributed by atoms with van der Waals surface area (Å²) in [6.07, 6.45) is 1.55. The minimum atomic E-state index is -1.12. The van der Waals surface area contributed by atoms with Gasteiger partial charge in [-0.2, -0.15) is 10.1 Å². The highest BCUT2D eigenvalue weighted by atomic mass is 35.5. The Hall–Kier alpha value is -4.49. The van der Waals surface area contributed by atoms with Crippen LogP contribution in [0.4, 0.5) is 10.1 Å². The highest BCUT2D eigenvalue weighted by molar-refractivity contribution is 6.37. The van der Waals surface area contributed by atoms with E-state index in [9.17, 15) is 19.1 Å². The van der Waals surface area contributed by atoms with Crippen LogP contribution in [-0.4, -0.2) is 22.7 Å². The van der Waals surface area contributed by atoms with Gasteiger partial charge in [0.25, 0.3) is 5.91 Å². The molecule has 1 aliphatic heterocycles. The number of hydrazone groups is 1. The van der Waals surface area contributed by atoms with Crippen LogP contribution < -0.4 is 5.01 Å². The number of rotatable bonds is 5. The van der Waals surface area contributed by atoms with Crippen molar-refractivity contribution in [2.75, 3.05) is 5.01 Å². The first-order chi connectivity index (χ1) is 16.9. The molecule has 35 heavy (non-hydrogen) atoms. The number of carboxylic acid groups (broad SMARTS) is 1. The molecule has 4 aromatic rings. The number of carboxylic acids is 1. The van der Waals surface area contributed by atoms with Crippen LogP contribution in [0, 0.1) is 5.82 Å². The average molecular weight is 487 g/mol. The normalized spacial score (nSPS) is 14.5. The molecule has 0 radical (unpaired) electrons. The minimum Gasteiger partial charge on any atom is -0.478 e. The molecule has 5 rings (SSSR count). The van der Waals surface area contributed by atoms with Gasteiger partial charge in [-0.1, -0.05) is 41.9 Å². The minimum absolute atomic E-state index is 0.0360. The van der Waals surface area contributed by atoms with E-state index in [2.05, 4.69) is 5.10 Å². The maximum absolute atomic E-state index is 13.4. The van der Waals surface area contributed by atoms with E-state index in [4.69, 9.17) is 16.0 Å². The van der Waals surface area contributed by atoms with Crippen molar-refractivity contribution in [3.8, 4) is 11.3 Å². The van der Waals surface area contributed by atoms with Crippen LogP contribution >= 0.6 is 11.6 Å². The summed E-state index contributed by atoms with van der Waals surface area (Å²) in [7, 11) is 0. The number of hydrogen-bond donors (Lipinski definition) is 1. The number of furan rings is 1. The predicted octanol–water partition coefficient (Wildman–Crippen LogP) is 6.27. The topological polar surface area (TPSA) is 83.1 Å². The highest BCUT2D eigenvalue weighted by Gasteiger charge is 2.32. The smallest absolute Gasteiger partial charge is 0.336 e. The molecule has 1 amide bonds. The maximum atomic E-state index is 13.4. The van der Waals surface area contributed by atoms with Gasteiger partial charge in [0.1, 0.15) is 23.0 Å². The fraction of sp³-hybridized carbons (Fsp3) is 0. The Morgan fingerprint density at radius 2 is 1.74 bits per heavy atom. The monoisotopic (exact) mass is 486 g/mol. The van der Waals surface area contributed by atoms with Crippen molar-refractivity contribution in [1.29, 1.82) is 0 Å².